The topological polar surface area (TPSA) is 39.9 Å². The van der Waals surface area contributed by atoms with Gasteiger partial charge in [0.05, 0.1) is 0 Å². The van der Waals surface area contributed by atoms with Gasteiger partial charge < -0.3 is 4.90 Å². The van der Waals surface area contributed by atoms with Gasteiger partial charge in [-0.05, 0) is 43.2 Å². The second-order valence-corrected chi connectivity index (χ2v) is 4.81. The van der Waals surface area contributed by atoms with Gasteiger partial charge in [0, 0.05) is 25.5 Å². The van der Waals surface area contributed by atoms with Gasteiger partial charge in [0.2, 0.25) is 0 Å². The van der Waals surface area contributed by atoms with E-state index in [9.17, 15) is 0 Å². The molecule has 0 saturated heterocycles. The molecule has 0 N–H and O–H groups in total. The second-order valence-electron chi connectivity index (χ2n) is 4.81. The van der Waals surface area contributed by atoms with Crippen LogP contribution in [-0.2, 0) is 6.54 Å². The second kappa shape index (κ2) is 5.53. The van der Waals surface area contributed by atoms with Crippen molar-refractivity contribution in [3.8, 4) is 6.07 Å². The summed E-state index contributed by atoms with van der Waals surface area (Å²) >= 11 is 0. The van der Waals surface area contributed by atoms with Crippen LogP contribution in [0.5, 0.6) is 0 Å². The van der Waals surface area contributed by atoms with Crippen LogP contribution in [0.1, 0.15) is 22.4 Å². The predicted octanol–water partition coefficient (Wildman–Crippen LogP) is 3.21. The largest absolute Gasteiger partial charge is 0.370 e. The van der Waals surface area contributed by atoms with Crippen molar-refractivity contribution in [2.24, 2.45) is 0 Å². The normalized spacial score (nSPS) is 10.0. The van der Waals surface area contributed by atoms with Gasteiger partial charge in [-0.2, -0.15) is 5.26 Å². The molecule has 0 aliphatic heterocycles. The molecular formula is C16H17N3. The Labute approximate surface area is 114 Å². The number of benzene rings is 1. The molecule has 0 fully saturated rings. The third-order valence-corrected chi connectivity index (χ3v) is 3.12. The van der Waals surface area contributed by atoms with E-state index in [0.717, 1.165) is 12.1 Å². The highest BCUT2D eigenvalue weighted by Crippen LogP contribution is 2.21. The summed E-state index contributed by atoms with van der Waals surface area (Å²) in [6.45, 7) is 4.98. The molecule has 2 aromatic rings. The lowest BCUT2D eigenvalue weighted by molar-refractivity contribution is 0.912. The maximum atomic E-state index is 8.86. The van der Waals surface area contributed by atoms with E-state index in [4.69, 9.17) is 5.26 Å². The molecule has 0 unspecified atom stereocenters. The number of rotatable bonds is 3. The average Bonchev–Trinajstić information content (AvgIpc) is 2.38. The Bertz CT molecular complexity index is 626. The third kappa shape index (κ3) is 3.11. The SMILES string of the molecule is Cc1ccc(N(C)Cc2ccnc(C#N)c2)c(C)c1. The number of pyridine rings is 1. The molecule has 0 spiro atoms. The van der Waals surface area contributed by atoms with Crippen molar-refractivity contribution in [1.82, 2.24) is 4.98 Å². The number of anilines is 1. The van der Waals surface area contributed by atoms with Crippen molar-refractivity contribution in [2.45, 2.75) is 20.4 Å². The smallest absolute Gasteiger partial charge is 0.140 e. The van der Waals surface area contributed by atoms with Crippen LogP contribution in [0.3, 0.4) is 0 Å². The molecule has 96 valence electrons. The Balaban J connectivity index is 2.20. The Hall–Kier alpha value is -2.34. The molecule has 1 aromatic carbocycles. The van der Waals surface area contributed by atoms with E-state index in [2.05, 4.69) is 55.0 Å². The monoisotopic (exact) mass is 251 g/mol. The number of hydrogen-bond donors (Lipinski definition) is 0. The summed E-state index contributed by atoms with van der Waals surface area (Å²) in [7, 11) is 2.06. The first-order chi connectivity index (χ1) is 9.10. The van der Waals surface area contributed by atoms with Crippen molar-refractivity contribution >= 4 is 5.69 Å². The Morgan fingerprint density at radius 3 is 2.68 bits per heavy atom. The number of aryl methyl sites for hydroxylation is 2. The van der Waals surface area contributed by atoms with Gasteiger partial charge >= 0.3 is 0 Å². The maximum absolute atomic E-state index is 8.86. The quantitative estimate of drug-likeness (QED) is 0.841. The molecule has 0 atom stereocenters. The summed E-state index contributed by atoms with van der Waals surface area (Å²) in [5.74, 6) is 0. The van der Waals surface area contributed by atoms with E-state index in [1.807, 2.05) is 12.1 Å². The van der Waals surface area contributed by atoms with Crippen LogP contribution in [0.25, 0.3) is 0 Å². The van der Waals surface area contributed by atoms with Crippen molar-refractivity contribution in [3.63, 3.8) is 0 Å². The van der Waals surface area contributed by atoms with E-state index >= 15 is 0 Å². The van der Waals surface area contributed by atoms with Gasteiger partial charge in [0.1, 0.15) is 11.8 Å². The van der Waals surface area contributed by atoms with Crippen LogP contribution in [0.2, 0.25) is 0 Å². The highest BCUT2D eigenvalue weighted by molar-refractivity contribution is 5.54. The first-order valence-corrected chi connectivity index (χ1v) is 6.23. The zero-order valence-electron chi connectivity index (χ0n) is 11.5. The van der Waals surface area contributed by atoms with Crippen molar-refractivity contribution in [2.75, 3.05) is 11.9 Å². The Morgan fingerprint density at radius 1 is 1.21 bits per heavy atom. The van der Waals surface area contributed by atoms with Crippen LogP contribution in [0, 0.1) is 25.2 Å². The molecule has 3 nitrogen and oxygen atoms in total. The predicted molar refractivity (Wildman–Crippen MR) is 77.0 cm³/mol. The zero-order valence-corrected chi connectivity index (χ0v) is 11.5. The number of nitriles is 1. The molecular weight excluding hydrogens is 234 g/mol. The minimum Gasteiger partial charge on any atom is -0.370 e. The molecule has 0 saturated carbocycles. The maximum Gasteiger partial charge on any atom is 0.140 e. The van der Waals surface area contributed by atoms with Gasteiger partial charge in [-0.1, -0.05) is 17.7 Å². The average molecular weight is 251 g/mol. The number of aromatic nitrogens is 1. The van der Waals surface area contributed by atoms with Crippen LogP contribution in [-0.4, -0.2) is 12.0 Å². The van der Waals surface area contributed by atoms with Crippen LogP contribution < -0.4 is 4.90 Å². The lowest BCUT2D eigenvalue weighted by Crippen LogP contribution is -2.17. The molecule has 3 heteroatoms. The summed E-state index contributed by atoms with van der Waals surface area (Å²) in [6.07, 6.45) is 1.68. The van der Waals surface area contributed by atoms with Crippen LogP contribution >= 0.6 is 0 Å². The van der Waals surface area contributed by atoms with Crippen molar-refractivity contribution < 1.29 is 0 Å². The summed E-state index contributed by atoms with van der Waals surface area (Å²) < 4.78 is 0. The Kier molecular flexibility index (Phi) is 3.82. The lowest BCUT2D eigenvalue weighted by Gasteiger charge is -2.22. The minimum absolute atomic E-state index is 0.464. The fourth-order valence-corrected chi connectivity index (χ4v) is 2.23. The fourth-order valence-electron chi connectivity index (χ4n) is 2.23. The van der Waals surface area contributed by atoms with Gasteiger partial charge in [-0.3, -0.25) is 0 Å². The zero-order chi connectivity index (χ0) is 13.8. The van der Waals surface area contributed by atoms with Gasteiger partial charge in [0.15, 0.2) is 0 Å². The van der Waals surface area contributed by atoms with Crippen LogP contribution in [0.15, 0.2) is 36.5 Å². The van der Waals surface area contributed by atoms with Crippen molar-refractivity contribution in [3.05, 3.63) is 58.9 Å². The van der Waals surface area contributed by atoms with Gasteiger partial charge in [0.25, 0.3) is 0 Å². The summed E-state index contributed by atoms with van der Waals surface area (Å²) in [4.78, 5) is 6.17. The fraction of sp³-hybridized carbons (Fsp3) is 0.250. The van der Waals surface area contributed by atoms with Gasteiger partial charge in [-0.25, -0.2) is 4.98 Å². The van der Waals surface area contributed by atoms with E-state index in [0.29, 0.717) is 5.69 Å². The molecule has 19 heavy (non-hydrogen) atoms. The van der Waals surface area contributed by atoms with Crippen LogP contribution in [0.4, 0.5) is 5.69 Å². The van der Waals surface area contributed by atoms with E-state index < -0.39 is 0 Å². The number of nitrogens with zero attached hydrogens (tertiary/aromatic N) is 3. The highest BCUT2D eigenvalue weighted by Gasteiger charge is 2.06. The highest BCUT2D eigenvalue weighted by atomic mass is 15.1. The van der Waals surface area contributed by atoms with E-state index in [1.165, 1.54) is 16.8 Å². The Morgan fingerprint density at radius 2 is 2.00 bits per heavy atom. The molecule has 0 aliphatic carbocycles. The lowest BCUT2D eigenvalue weighted by atomic mass is 10.1. The standard InChI is InChI=1S/C16H17N3/c1-12-4-5-16(13(2)8-12)19(3)11-14-6-7-18-15(9-14)10-17/h4-9H,11H2,1-3H3. The summed E-state index contributed by atoms with van der Waals surface area (Å²) in [5.41, 5.74) is 5.30. The molecule has 0 aliphatic rings. The molecule has 0 radical (unpaired) electrons. The van der Waals surface area contributed by atoms with E-state index in [-0.39, 0.29) is 0 Å². The molecule has 1 aromatic heterocycles. The van der Waals surface area contributed by atoms with Crippen molar-refractivity contribution in [1.29, 1.82) is 5.26 Å². The number of hydrogen-bond acceptors (Lipinski definition) is 3. The molecule has 0 bridgehead atoms. The first kappa shape index (κ1) is 13.1. The minimum atomic E-state index is 0.464. The van der Waals surface area contributed by atoms with E-state index in [1.54, 1.807) is 6.20 Å². The first-order valence-electron chi connectivity index (χ1n) is 6.23. The molecule has 0 amide bonds. The molecule has 2 rings (SSSR count). The summed E-state index contributed by atoms with van der Waals surface area (Å²) in [6, 6.07) is 12.3. The van der Waals surface area contributed by atoms with Gasteiger partial charge in [-0.15, -0.1) is 0 Å². The third-order valence-electron chi connectivity index (χ3n) is 3.12. The molecule has 1 heterocycles. The summed E-state index contributed by atoms with van der Waals surface area (Å²) in [5, 5.41) is 8.86.